The lowest BCUT2D eigenvalue weighted by atomic mass is 9.89. The number of methoxy groups -OCH3 is 2. The van der Waals surface area contributed by atoms with E-state index in [1.54, 1.807) is 14.2 Å². The number of guanidine groups is 1. The zero-order valence-electron chi connectivity index (χ0n) is 20.3. The molecule has 0 bridgehead atoms. The number of hydrogen-bond acceptors (Lipinski definition) is 4. The van der Waals surface area contributed by atoms with Gasteiger partial charge in [-0.1, -0.05) is 29.8 Å². The van der Waals surface area contributed by atoms with Gasteiger partial charge in [0.15, 0.2) is 17.5 Å². The largest absolute Gasteiger partial charge is 0.493 e. The van der Waals surface area contributed by atoms with E-state index in [4.69, 9.17) is 14.2 Å². The summed E-state index contributed by atoms with van der Waals surface area (Å²) in [5.41, 5.74) is 4.86. The van der Waals surface area contributed by atoms with Gasteiger partial charge in [0.2, 0.25) is 0 Å². The molecule has 1 aliphatic rings. The van der Waals surface area contributed by atoms with Crippen LogP contribution in [0.1, 0.15) is 41.2 Å². The molecule has 1 N–H and O–H groups in total. The summed E-state index contributed by atoms with van der Waals surface area (Å²) in [5, 5.41) is 3.58. The molecule has 2 unspecified atom stereocenters. The Morgan fingerprint density at radius 3 is 2.47 bits per heavy atom. The van der Waals surface area contributed by atoms with Gasteiger partial charge in [0, 0.05) is 39.7 Å². The fraction of sp³-hybridized carbons (Fsp3) is 0.500. The third-order valence-corrected chi connectivity index (χ3v) is 6.20. The van der Waals surface area contributed by atoms with Gasteiger partial charge in [-0.2, -0.15) is 0 Å². The van der Waals surface area contributed by atoms with E-state index in [1.165, 1.54) is 16.7 Å². The smallest absolute Gasteiger partial charge is 0.193 e. The first kappa shape index (κ1) is 23.9. The van der Waals surface area contributed by atoms with Crippen LogP contribution in [0.25, 0.3) is 0 Å². The van der Waals surface area contributed by atoms with Crippen LogP contribution >= 0.6 is 0 Å². The van der Waals surface area contributed by atoms with Crippen molar-refractivity contribution in [1.29, 1.82) is 0 Å². The van der Waals surface area contributed by atoms with Crippen molar-refractivity contribution >= 4 is 5.96 Å². The summed E-state index contributed by atoms with van der Waals surface area (Å²) >= 11 is 0. The molecule has 6 nitrogen and oxygen atoms in total. The van der Waals surface area contributed by atoms with Crippen molar-refractivity contribution in [3.05, 3.63) is 58.7 Å². The fourth-order valence-electron chi connectivity index (χ4n) is 4.31. The van der Waals surface area contributed by atoms with Crippen LogP contribution in [0.2, 0.25) is 0 Å². The van der Waals surface area contributed by atoms with Crippen molar-refractivity contribution in [3.63, 3.8) is 0 Å². The Labute approximate surface area is 192 Å². The van der Waals surface area contributed by atoms with E-state index in [9.17, 15) is 0 Å². The first-order chi connectivity index (χ1) is 15.5. The lowest BCUT2D eigenvalue weighted by molar-refractivity contribution is -0.0266. The molecule has 1 fully saturated rings. The predicted molar refractivity (Wildman–Crippen MR) is 130 cm³/mol. The van der Waals surface area contributed by atoms with Gasteiger partial charge < -0.3 is 24.4 Å². The molecule has 2 aromatic rings. The summed E-state index contributed by atoms with van der Waals surface area (Å²) in [6.45, 7) is 6.56. The Morgan fingerprint density at radius 1 is 1.12 bits per heavy atom. The van der Waals surface area contributed by atoms with Gasteiger partial charge in [0.05, 0.1) is 20.3 Å². The highest BCUT2D eigenvalue weighted by Gasteiger charge is 2.28. The molecule has 174 valence electrons. The van der Waals surface area contributed by atoms with Crippen molar-refractivity contribution in [2.45, 2.75) is 39.3 Å². The molecule has 3 rings (SSSR count). The van der Waals surface area contributed by atoms with Crippen molar-refractivity contribution in [3.8, 4) is 11.5 Å². The zero-order valence-corrected chi connectivity index (χ0v) is 20.3. The van der Waals surface area contributed by atoms with E-state index in [0.717, 1.165) is 49.0 Å². The molecule has 2 atom stereocenters. The van der Waals surface area contributed by atoms with E-state index < -0.39 is 0 Å². The van der Waals surface area contributed by atoms with E-state index in [2.05, 4.69) is 60.4 Å². The monoisotopic (exact) mass is 439 g/mol. The van der Waals surface area contributed by atoms with Crippen molar-refractivity contribution in [2.24, 2.45) is 10.9 Å². The molecule has 0 radical (unpaired) electrons. The van der Waals surface area contributed by atoms with E-state index in [-0.39, 0.29) is 6.10 Å². The average Bonchev–Trinajstić information content (AvgIpc) is 2.81. The van der Waals surface area contributed by atoms with Crippen LogP contribution in [0, 0.1) is 19.8 Å². The molecule has 0 amide bonds. The van der Waals surface area contributed by atoms with Gasteiger partial charge in [0.1, 0.15) is 0 Å². The van der Waals surface area contributed by atoms with Gasteiger partial charge in [-0.25, -0.2) is 0 Å². The maximum atomic E-state index is 6.18. The first-order valence-corrected chi connectivity index (χ1v) is 11.3. The number of nitrogens with one attached hydrogen (secondary N) is 1. The SMILES string of the molecule is CN=C(NCC1CCCOC1c1ccc(C)cc1)N(C)Cc1cc(OC)c(OC)cc1C. The average molecular weight is 440 g/mol. The lowest BCUT2D eigenvalue weighted by Gasteiger charge is -2.33. The Morgan fingerprint density at radius 2 is 1.81 bits per heavy atom. The van der Waals surface area contributed by atoms with E-state index in [1.807, 2.05) is 19.2 Å². The normalized spacial score (nSPS) is 18.9. The third-order valence-electron chi connectivity index (χ3n) is 6.20. The molecular weight excluding hydrogens is 402 g/mol. The minimum atomic E-state index is 0.119. The minimum Gasteiger partial charge on any atom is -0.493 e. The number of nitrogens with zero attached hydrogens (tertiary/aromatic N) is 2. The molecule has 0 saturated carbocycles. The topological polar surface area (TPSA) is 55.3 Å². The number of hydrogen-bond donors (Lipinski definition) is 1. The molecule has 6 heteroatoms. The number of aliphatic imine (C=N–C) groups is 1. The highest BCUT2D eigenvalue weighted by Crippen LogP contribution is 2.33. The highest BCUT2D eigenvalue weighted by atomic mass is 16.5. The maximum Gasteiger partial charge on any atom is 0.193 e. The summed E-state index contributed by atoms with van der Waals surface area (Å²) in [6.07, 6.45) is 2.35. The Hall–Kier alpha value is -2.73. The van der Waals surface area contributed by atoms with Crippen LogP contribution in [0.15, 0.2) is 41.4 Å². The molecule has 0 aromatic heterocycles. The van der Waals surface area contributed by atoms with Gasteiger partial charge in [-0.15, -0.1) is 0 Å². The number of benzene rings is 2. The Kier molecular flexibility index (Phi) is 8.39. The molecule has 32 heavy (non-hydrogen) atoms. The standard InChI is InChI=1S/C26H37N3O3/c1-18-9-11-20(12-10-18)25-21(8-7-13-32-25)16-28-26(27-3)29(4)17-22-15-24(31-6)23(30-5)14-19(22)2/h9-12,14-15,21,25H,7-8,13,16-17H2,1-6H3,(H,27,28). The highest BCUT2D eigenvalue weighted by molar-refractivity contribution is 5.79. The zero-order chi connectivity index (χ0) is 23.1. The van der Waals surface area contributed by atoms with Crippen molar-refractivity contribution in [2.75, 3.05) is 41.5 Å². The van der Waals surface area contributed by atoms with E-state index in [0.29, 0.717) is 12.5 Å². The number of rotatable bonds is 7. The molecule has 1 heterocycles. The van der Waals surface area contributed by atoms with Crippen molar-refractivity contribution < 1.29 is 14.2 Å². The van der Waals surface area contributed by atoms with Crippen LogP contribution in [0.4, 0.5) is 0 Å². The molecule has 1 aliphatic heterocycles. The predicted octanol–water partition coefficient (Wildman–Crippen LogP) is 4.50. The Balaban J connectivity index is 1.66. The van der Waals surface area contributed by atoms with Crippen LogP contribution in [-0.4, -0.2) is 52.3 Å². The van der Waals surface area contributed by atoms with Gasteiger partial charge in [0.25, 0.3) is 0 Å². The molecule has 0 spiro atoms. The summed E-state index contributed by atoms with van der Waals surface area (Å²) in [4.78, 5) is 6.66. The van der Waals surface area contributed by atoms with Crippen LogP contribution in [0.3, 0.4) is 0 Å². The quantitative estimate of drug-likeness (QED) is 0.509. The third kappa shape index (κ3) is 5.74. The summed E-state index contributed by atoms with van der Waals surface area (Å²) in [5.74, 6) is 2.76. The number of aryl methyl sites for hydroxylation is 2. The summed E-state index contributed by atoms with van der Waals surface area (Å²) in [6, 6.07) is 12.8. The Bertz CT molecular complexity index is 911. The minimum absolute atomic E-state index is 0.119. The van der Waals surface area contributed by atoms with Gasteiger partial charge in [-0.05, 0) is 55.5 Å². The summed E-state index contributed by atoms with van der Waals surface area (Å²) in [7, 11) is 7.21. The molecule has 0 aliphatic carbocycles. The van der Waals surface area contributed by atoms with Crippen LogP contribution in [-0.2, 0) is 11.3 Å². The van der Waals surface area contributed by atoms with Crippen LogP contribution < -0.4 is 14.8 Å². The summed E-state index contributed by atoms with van der Waals surface area (Å²) < 4.78 is 17.1. The van der Waals surface area contributed by atoms with Crippen LogP contribution in [0.5, 0.6) is 11.5 Å². The number of ether oxygens (including phenoxy) is 3. The lowest BCUT2D eigenvalue weighted by Crippen LogP contribution is -2.42. The fourth-order valence-corrected chi connectivity index (χ4v) is 4.31. The van der Waals surface area contributed by atoms with E-state index >= 15 is 0 Å². The first-order valence-electron chi connectivity index (χ1n) is 11.3. The molecule has 2 aromatic carbocycles. The molecular formula is C26H37N3O3. The molecule has 1 saturated heterocycles. The van der Waals surface area contributed by atoms with Gasteiger partial charge >= 0.3 is 0 Å². The maximum absolute atomic E-state index is 6.18. The van der Waals surface area contributed by atoms with Crippen molar-refractivity contribution in [1.82, 2.24) is 10.2 Å². The second kappa shape index (κ2) is 11.2. The second-order valence-electron chi connectivity index (χ2n) is 8.52. The second-order valence-corrected chi connectivity index (χ2v) is 8.52. The van der Waals surface area contributed by atoms with Gasteiger partial charge in [-0.3, -0.25) is 4.99 Å².